The van der Waals surface area contributed by atoms with Crippen molar-refractivity contribution in [1.29, 1.82) is 0 Å². The molecule has 1 aromatic carbocycles. The van der Waals surface area contributed by atoms with Crippen LogP contribution in [0.4, 0.5) is 0 Å². The Morgan fingerprint density at radius 1 is 0.700 bits per heavy atom. The summed E-state index contributed by atoms with van der Waals surface area (Å²) in [6.07, 6.45) is 7.14. The molecule has 0 amide bonds. The van der Waals surface area contributed by atoms with Crippen molar-refractivity contribution in [2.24, 2.45) is 11.8 Å². The van der Waals surface area contributed by atoms with Crippen LogP contribution in [0, 0.1) is 11.8 Å². The molecule has 6 aliphatic rings. The number of Topliss-reactive ketones (excluding diaryl/α,β-unsaturated/α-hetero) is 2. The van der Waals surface area contributed by atoms with Crippen LogP contribution in [-0.4, -0.2) is 35.0 Å². The van der Waals surface area contributed by atoms with Crippen LogP contribution >= 0.6 is 0 Å². The highest BCUT2D eigenvalue weighted by atomic mass is 16.5. The lowest BCUT2D eigenvalue weighted by Gasteiger charge is -2.48. The van der Waals surface area contributed by atoms with E-state index in [0.29, 0.717) is 0 Å². The van der Waals surface area contributed by atoms with Crippen molar-refractivity contribution in [2.75, 3.05) is 0 Å². The van der Waals surface area contributed by atoms with Crippen molar-refractivity contribution in [3.8, 4) is 0 Å². The number of hydrogen-bond donors (Lipinski definition) is 0. The van der Waals surface area contributed by atoms with E-state index in [9.17, 15) is 9.59 Å². The zero-order valence-electron chi connectivity index (χ0n) is 18.2. The Bertz CT molecular complexity index is 884. The fourth-order valence-electron chi connectivity index (χ4n) is 5.88. The lowest BCUT2D eigenvalue weighted by atomic mass is 9.69. The third-order valence-electron chi connectivity index (χ3n) is 7.49. The van der Waals surface area contributed by atoms with Gasteiger partial charge in [0.25, 0.3) is 0 Å². The number of hydrogen-bond acceptors (Lipinski definition) is 4. The van der Waals surface area contributed by atoms with E-state index in [4.69, 9.17) is 9.47 Å². The topological polar surface area (TPSA) is 52.6 Å². The van der Waals surface area contributed by atoms with Crippen molar-refractivity contribution in [3.63, 3.8) is 0 Å². The second-order valence-corrected chi connectivity index (χ2v) is 10.3. The molecule has 4 saturated heterocycles. The van der Waals surface area contributed by atoms with Gasteiger partial charge in [-0.25, -0.2) is 0 Å². The number of carbonyl (C=O) groups is 2. The maximum Gasteiger partial charge on any atom is 0.187 e. The largest absolute Gasteiger partial charge is 0.364 e. The molecule has 0 N–H and O–H groups in total. The Morgan fingerprint density at radius 2 is 1.07 bits per heavy atom. The number of carbonyl (C=O) groups excluding carboxylic acids is 2. The third-order valence-corrected chi connectivity index (χ3v) is 7.49. The zero-order valence-corrected chi connectivity index (χ0v) is 18.2. The van der Waals surface area contributed by atoms with Crippen LogP contribution < -0.4 is 0 Å². The summed E-state index contributed by atoms with van der Waals surface area (Å²) in [7, 11) is 0. The van der Waals surface area contributed by atoms with Gasteiger partial charge in [0.1, 0.15) is 12.2 Å². The zero-order chi connectivity index (χ0) is 21.3. The predicted molar refractivity (Wildman–Crippen MR) is 116 cm³/mol. The summed E-state index contributed by atoms with van der Waals surface area (Å²) in [6, 6.07) is 8.15. The maximum atomic E-state index is 12.7. The van der Waals surface area contributed by atoms with E-state index in [1.165, 1.54) is 0 Å². The van der Waals surface area contributed by atoms with Gasteiger partial charge < -0.3 is 9.47 Å². The quantitative estimate of drug-likeness (QED) is 0.664. The van der Waals surface area contributed by atoms with Crippen molar-refractivity contribution in [1.82, 2.24) is 0 Å². The van der Waals surface area contributed by atoms with E-state index >= 15 is 0 Å². The molecule has 6 fully saturated rings. The van der Waals surface area contributed by atoms with Gasteiger partial charge in [-0.05, 0) is 76.7 Å². The number of fused-ring (bicyclic) bond motifs is 6. The molecule has 4 heterocycles. The normalized spacial score (nSPS) is 36.7. The number of benzene rings is 1. The molecule has 0 spiro atoms. The summed E-state index contributed by atoms with van der Waals surface area (Å²) in [5.74, 6) is 0.578. The van der Waals surface area contributed by atoms with Gasteiger partial charge in [-0.1, -0.05) is 24.3 Å². The first-order valence-corrected chi connectivity index (χ1v) is 11.1. The Kier molecular flexibility index (Phi) is 4.46. The molecular formula is C26H30O4. The van der Waals surface area contributed by atoms with E-state index in [1.807, 2.05) is 36.4 Å². The summed E-state index contributed by atoms with van der Waals surface area (Å²) < 4.78 is 11.9. The van der Waals surface area contributed by atoms with Gasteiger partial charge in [-0.3, -0.25) is 9.59 Å². The minimum absolute atomic E-state index is 0.142. The van der Waals surface area contributed by atoms with Crippen LogP contribution in [0.1, 0.15) is 64.5 Å². The van der Waals surface area contributed by atoms with E-state index in [2.05, 4.69) is 27.7 Å². The lowest BCUT2D eigenvalue weighted by Crippen LogP contribution is -2.54. The molecule has 2 aliphatic carbocycles. The standard InChI is InChI=1S/C26H30O4/c1-25(2)19-9-11-21(29-25)23(27)17(19)13-15-5-7-16(8-6-15)14-18-20-10-12-22(24(18)28)30-26(20,3)4/h5-8,13-14,19-22H,9-12H2,1-4H3/b17-13+,18-14+. The SMILES string of the molecule is CC1(C)OC2CCC1/C(=C\c1ccc(/C=C3/C(=O)C4CCC3C(C)(C)O4)cc1)C2=O. The van der Waals surface area contributed by atoms with Gasteiger partial charge in [-0.15, -0.1) is 0 Å². The fourth-order valence-corrected chi connectivity index (χ4v) is 5.88. The van der Waals surface area contributed by atoms with E-state index in [0.717, 1.165) is 48.0 Å². The summed E-state index contributed by atoms with van der Waals surface area (Å²) >= 11 is 0. The highest BCUT2D eigenvalue weighted by molar-refractivity contribution is 6.05. The first-order chi connectivity index (χ1) is 14.2. The molecule has 30 heavy (non-hydrogen) atoms. The van der Waals surface area contributed by atoms with Gasteiger partial charge in [0.05, 0.1) is 11.2 Å². The molecule has 4 unspecified atom stereocenters. The molecule has 4 bridgehead atoms. The molecule has 0 radical (unpaired) electrons. The van der Waals surface area contributed by atoms with E-state index in [1.54, 1.807) is 0 Å². The monoisotopic (exact) mass is 406 g/mol. The minimum atomic E-state index is -0.293. The second-order valence-electron chi connectivity index (χ2n) is 10.3. The Labute approximate surface area is 178 Å². The van der Waals surface area contributed by atoms with Crippen LogP contribution in [0.3, 0.4) is 0 Å². The molecule has 4 nitrogen and oxygen atoms in total. The Hall–Kier alpha value is -2.04. The predicted octanol–water partition coefficient (Wildman–Crippen LogP) is 4.77. The van der Waals surface area contributed by atoms with E-state index < -0.39 is 0 Å². The smallest absolute Gasteiger partial charge is 0.187 e. The van der Waals surface area contributed by atoms with Crippen molar-refractivity contribution < 1.29 is 19.1 Å². The molecule has 0 aromatic heterocycles. The summed E-state index contributed by atoms with van der Waals surface area (Å²) in [4.78, 5) is 25.5. The second kappa shape index (κ2) is 6.73. The molecule has 158 valence electrons. The Morgan fingerprint density at radius 3 is 1.40 bits per heavy atom. The Balaban J connectivity index is 1.42. The first kappa shape index (κ1) is 19.9. The number of ether oxygens (including phenoxy) is 2. The van der Waals surface area contributed by atoms with Crippen LogP contribution in [-0.2, 0) is 19.1 Å². The molecule has 4 aliphatic heterocycles. The molecule has 4 heteroatoms. The molecule has 7 rings (SSSR count). The van der Waals surface area contributed by atoms with Gasteiger partial charge in [-0.2, -0.15) is 0 Å². The third kappa shape index (κ3) is 3.12. The van der Waals surface area contributed by atoms with Gasteiger partial charge in [0.2, 0.25) is 0 Å². The molecular weight excluding hydrogens is 376 g/mol. The number of rotatable bonds is 2. The van der Waals surface area contributed by atoms with Gasteiger partial charge >= 0.3 is 0 Å². The van der Waals surface area contributed by atoms with Crippen LogP contribution in [0.15, 0.2) is 35.4 Å². The van der Waals surface area contributed by atoms with Gasteiger partial charge in [0.15, 0.2) is 11.6 Å². The van der Waals surface area contributed by atoms with Crippen LogP contribution in [0.5, 0.6) is 0 Å². The van der Waals surface area contributed by atoms with Crippen molar-refractivity contribution in [2.45, 2.75) is 76.8 Å². The molecule has 1 aromatic rings. The van der Waals surface area contributed by atoms with Crippen LogP contribution in [0.2, 0.25) is 0 Å². The average Bonchev–Trinajstić information content (AvgIpc) is 2.68. The van der Waals surface area contributed by atoms with Crippen molar-refractivity contribution in [3.05, 3.63) is 46.5 Å². The lowest BCUT2D eigenvalue weighted by molar-refractivity contribution is -0.172. The molecule has 2 saturated carbocycles. The number of ketones is 2. The first-order valence-electron chi connectivity index (χ1n) is 11.1. The summed E-state index contributed by atoms with van der Waals surface area (Å²) in [5.41, 5.74) is 3.25. The van der Waals surface area contributed by atoms with E-state index in [-0.39, 0.29) is 46.8 Å². The fraction of sp³-hybridized carbons (Fsp3) is 0.538. The summed E-state index contributed by atoms with van der Waals surface area (Å²) in [5, 5.41) is 0. The van der Waals surface area contributed by atoms with Crippen molar-refractivity contribution >= 4 is 23.7 Å². The van der Waals surface area contributed by atoms with Crippen LogP contribution in [0.25, 0.3) is 12.2 Å². The summed E-state index contributed by atoms with van der Waals surface area (Å²) in [6.45, 7) is 8.33. The minimum Gasteiger partial charge on any atom is -0.364 e. The maximum absolute atomic E-state index is 12.7. The average molecular weight is 407 g/mol. The molecule has 4 atom stereocenters. The highest BCUT2D eigenvalue weighted by Gasteiger charge is 2.50. The van der Waals surface area contributed by atoms with Gasteiger partial charge in [0, 0.05) is 23.0 Å². The highest BCUT2D eigenvalue weighted by Crippen LogP contribution is 2.47.